The van der Waals surface area contributed by atoms with Gasteiger partial charge in [-0.3, -0.25) is 24.6 Å². The number of piperazine rings is 1. The Balaban J connectivity index is 0.883. The van der Waals surface area contributed by atoms with Crippen molar-refractivity contribution < 1.29 is 27.9 Å². The number of hydrogen-bond donors (Lipinski definition) is 5. The third kappa shape index (κ3) is 8.21. The van der Waals surface area contributed by atoms with E-state index in [9.17, 15) is 18.8 Å². The Morgan fingerprint density at radius 3 is 2.46 bits per heavy atom. The maximum atomic E-state index is 15.5. The molecule has 4 fully saturated rings. The Bertz CT molecular complexity index is 1790. The zero-order chi connectivity index (χ0) is 36.2. The van der Waals surface area contributed by atoms with Gasteiger partial charge in [0.1, 0.15) is 23.8 Å². The molecule has 3 amide bonds. The van der Waals surface area contributed by atoms with Crippen LogP contribution < -0.4 is 36.8 Å². The fraction of sp³-hybridized carbons (Fsp3) is 0.486. The second-order valence-corrected chi connectivity index (χ2v) is 13.6. The lowest BCUT2D eigenvalue weighted by Crippen LogP contribution is -2.49. The van der Waals surface area contributed by atoms with Crippen LogP contribution in [0.4, 0.5) is 37.3 Å². The molecule has 276 valence electrons. The molecule has 4 aliphatic rings. The molecule has 15 nitrogen and oxygen atoms in total. The highest BCUT2D eigenvalue weighted by Gasteiger charge is 2.29. The van der Waals surface area contributed by atoms with Crippen molar-refractivity contribution in [3.63, 3.8) is 0 Å². The second-order valence-electron chi connectivity index (χ2n) is 13.6. The number of nitrogens with one attached hydrogen (secondary N) is 4. The number of amides is 3. The smallest absolute Gasteiger partial charge is 0.273 e. The zero-order valence-corrected chi connectivity index (χ0v) is 28.7. The molecule has 6 N–H and O–H groups in total. The Kier molecular flexibility index (Phi) is 10.7. The van der Waals surface area contributed by atoms with Gasteiger partial charge in [-0.2, -0.15) is 0 Å². The number of carbonyl (C=O) groups is 3. The van der Waals surface area contributed by atoms with E-state index in [1.54, 1.807) is 18.2 Å². The van der Waals surface area contributed by atoms with Gasteiger partial charge in [0.2, 0.25) is 11.8 Å². The van der Waals surface area contributed by atoms with Crippen molar-refractivity contribution in [2.24, 2.45) is 11.7 Å². The number of carbonyl (C=O) groups excluding carboxylic acids is 3. The highest BCUT2D eigenvalue weighted by atomic mass is 19.1. The molecule has 0 bridgehead atoms. The van der Waals surface area contributed by atoms with Gasteiger partial charge >= 0.3 is 0 Å². The first-order chi connectivity index (χ1) is 25.2. The molecule has 0 saturated carbocycles. The summed E-state index contributed by atoms with van der Waals surface area (Å²) < 4.78 is 36.2. The maximum Gasteiger partial charge on any atom is 0.273 e. The summed E-state index contributed by atoms with van der Waals surface area (Å²) in [7, 11) is 0. The van der Waals surface area contributed by atoms with Crippen LogP contribution in [-0.4, -0.2) is 109 Å². The number of halogens is 2. The topological polar surface area (TPSA) is 183 Å². The molecule has 0 aliphatic carbocycles. The van der Waals surface area contributed by atoms with E-state index in [1.165, 1.54) is 12.1 Å². The number of piperidine rings is 2. The van der Waals surface area contributed by atoms with Gasteiger partial charge in [0.05, 0.1) is 18.0 Å². The molecule has 2 aromatic carbocycles. The van der Waals surface area contributed by atoms with E-state index < -0.39 is 35.6 Å². The van der Waals surface area contributed by atoms with Crippen LogP contribution in [0.5, 0.6) is 0 Å². The number of benzene rings is 2. The summed E-state index contributed by atoms with van der Waals surface area (Å²) in [5.41, 5.74) is 7.30. The average Bonchev–Trinajstić information content (AvgIpc) is 3.14. The van der Waals surface area contributed by atoms with E-state index in [-0.39, 0.29) is 29.5 Å². The molecular formula is C35H43F2N11O4. The van der Waals surface area contributed by atoms with Crippen LogP contribution in [0.3, 0.4) is 0 Å². The Morgan fingerprint density at radius 1 is 0.962 bits per heavy atom. The van der Waals surface area contributed by atoms with Gasteiger partial charge in [0.25, 0.3) is 5.91 Å². The fourth-order valence-corrected chi connectivity index (χ4v) is 7.18. The second kappa shape index (κ2) is 15.7. The van der Waals surface area contributed by atoms with E-state index in [0.29, 0.717) is 62.3 Å². The normalized spacial score (nSPS) is 21.9. The number of morpholine rings is 1. The standard InChI is InChI=1S/C35H43F2N11O4/c36-24-18-23(2-3-26(24)41-27-4-6-30(49)42-35(27)51)47-10-7-21(8-11-47)20-46-12-14-48(15-13-46)28-5-1-22(17-25(28)37)40-34-31(32(38)50)44-45-33(43-34)29-19-39-9-16-52-29/h1-3,5,17-18,21,27,29,39,41H,4,6-16,19-20H2,(H2,38,50)(H,40,43,45)(H,42,49,51). The van der Waals surface area contributed by atoms with Gasteiger partial charge in [-0.1, -0.05) is 0 Å². The van der Waals surface area contributed by atoms with Crippen LogP contribution in [0.2, 0.25) is 0 Å². The molecule has 17 heteroatoms. The number of rotatable bonds is 10. The molecule has 2 unspecified atom stereocenters. The number of nitrogens with zero attached hydrogens (tertiary/aromatic N) is 6. The van der Waals surface area contributed by atoms with Gasteiger partial charge in [-0.25, -0.2) is 13.8 Å². The molecule has 4 aliphatic heterocycles. The quantitative estimate of drug-likeness (QED) is 0.192. The SMILES string of the molecule is NC(=O)c1nnc(C2CNCCO2)nc1Nc1ccc(N2CCN(CC3CCN(c4ccc(NC5CCC(=O)NC5=O)c(F)c4)CC3)CC2)c(F)c1. The number of aromatic nitrogens is 3. The van der Waals surface area contributed by atoms with Crippen LogP contribution in [-0.2, 0) is 14.3 Å². The number of hydrogen-bond acceptors (Lipinski definition) is 13. The van der Waals surface area contributed by atoms with E-state index in [4.69, 9.17) is 10.5 Å². The first-order valence-corrected chi connectivity index (χ1v) is 17.8. The Labute approximate surface area is 299 Å². The van der Waals surface area contributed by atoms with Crippen LogP contribution in [0.15, 0.2) is 36.4 Å². The summed E-state index contributed by atoms with van der Waals surface area (Å²) in [5.74, 6) is -1.49. The molecule has 0 radical (unpaired) electrons. The number of primary amides is 1. The van der Waals surface area contributed by atoms with Crippen molar-refractivity contribution in [3.8, 4) is 0 Å². The number of anilines is 5. The highest BCUT2D eigenvalue weighted by Crippen LogP contribution is 2.30. The van der Waals surface area contributed by atoms with Gasteiger partial charge in [-0.15, -0.1) is 10.2 Å². The summed E-state index contributed by atoms with van der Waals surface area (Å²) in [5, 5.41) is 19.4. The molecule has 3 aromatic rings. The summed E-state index contributed by atoms with van der Waals surface area (Å²) >= 11 is 0. The lowest BCUT2D eigenvalue weighted by Gasteiger charge is -2.40. The van der Waals surface area contributed by atoms with E-state index in [2.05, 4.69) is 46.2 Å². The van der Waals surface area contributed by atoms with Crippen LogP contribution in [0.25, 0.3) is 0 Å². The number of imide groups is 1. The van der Waals surface area contributed by atoms with Gasteiger partial charge in [0.15, 0.2) is 17.3 Å². The van der Waals surface area contributed by atoms with Gasteiger partial charge < -0.3 is 36.2 Å². The lowest BCUT2D eigenvalue weighted by atomic mass is 9.95. The minimum atomic E-state index is -0.805. The van der Waals surface area contributed by atoms with E-state index in [1.807, 2.05) is 11.0 Å². The summed E-state index contributed by atoms with van der Waals surface area (Å²) in [4.78, 5) is 46.6. The first-order valence-electron chi connectivity index (χ1n) is 17.8. The van der Waals surface area contributed by atoms with Crippen molar-refractivity contribution in [1.29, 1.82) is 0 Å². The maximum absolute atomic E-state index is 15.5. The molecular weight excluding hydrogens is 676 g/mol. The Hall–Kier alpha value is -5.00. The molecule has 52 heavy (non-hydrogen) atoms. The summed E-state index contributed by atoms with van der Waals surface area (Å²) in [6.07, 6.45) is 2.08. The number of ether oxygens (including phenoxy) is 1. The monoisotopic (exact) mass is 719 g/mol. The largest absolute Gasteiger partial charge is 0.371 e. The molecule has 1 aromatic heterocycles. The first kappa shape index (κ1) is 35.4. The van der Waals surface area contributed by atoms with E-state index >= 15 is 4.39 Å². The predicted octanol–water partition coefficient (Wildman–Crippen LogP) is 1.91. The molecule has 0 spiro atoms. The average molecular weight is 720 g/mol. The summed E-state index contributed by atoms with van der Waals surface area (Å²) in [6, 6.07) is 9.21. The molecule has 7 rings (SSSR count). The summed E-state index contributed by atoms with van der Waals surface area (Å²) in [6.45, 7) is 7.27. The zero-order valence-electron chi connectivity index (χ0n) is 28.7. The fourth-order valence-electron chi connectivity index (χ4n) is 7.18. The molecule has 2 atom stereocenters. The minimum Gasteiger partial charge on any atom is -0.371 e. The van der Waals surface area contributed by atoms with Crippen molar-refractivity contribution in [2.45, 2.75) is 37.8 Å². The van der Waals surface area contributed by atoms with Crippen molar-refractivity contribution >= 4 is 46.3 Å². The number of nitrogens with two attached hydrogens (primary N) is 1. The third-order valence-corrected chi connectivity index (χ3v) is 10.1. The Morgan fingerprint density at radius 2 is 1.77 bits per heavy atom. The van der Waals surface area contributed by atoms with Gasteiger partial charge in [-0.05, 0) is 61.6 Å². The lowest BCUT2D eigenvalue weighted by molar-refractivity contribution is -0.133. The van der Waals surface area contributed by atoms with Crippen molar-refractivity contribution in [2.75, 3.05) is 85.9 Å². The van der Waals surface area contributed by atoms with E-state index in [0.717, 1.165) is 51.3 Å². The van der Waals surface area contributed by atoms with Crippen LogP contribution >= 0.6 is 0 Å². The van der Waals surface area contributed by atoms with Crippen LogP contribution in [0, 0.1) is 17.6 Å². The third-order valence-electron chi connectivity index (χ3n) is 10.1. The highest BCUT2D eigenvalue weighted by molar-refractivity contribution is 6.01. The predicted molar refractivity (Wildman–Crippen MR) is 189 cm³/mol. The molecule has 4 saturated heterocycles. The van der Waals surface area contributed by atoms with Gasteiger partial charge in [0, 0.05) is 76.7 Å². The van der Waals surface area contributed by atoms with Crippen LogP contribution in [0.1, 0.15) is 48.1 Å². The molecule has 5 heterocycles. The van der Waals surface area contributed by atoms with Crippen molar-refractivity contribution in [3.05, 3.63) is 59.6 Å². The minimum absolute atomic E-state index is 0.0858. The van der Waals surface area contributed by atoms with Crippen molar-refractivity contribution in [1.82, 2.24) is 30.7 Å².